The molecule has 31 heavy (non-hydrogen) atoms. The Hall–Kier alpha value is -3.35. The van der Waals surface area contributed by atoms with Crippen LogP contribution < -0.4 is 5.32 Å². The van der Waals surface area contributed by atoms with Gasteiger partial charge in [0.05, 0.1) is 16.8 Å². The third kappa shape index (κ3) is 3.87. The summed E-state index contributed by atoms with van der Waals surface area (Å²) < 4.78 is 41.9. The molecule has 1 amide bonds. The number of benzene rings is 2. The Kier molecular flexibility index (Phi) is 5.21. The van der Waals surface area contributed by atoms with E-state index in [2.05, 4.69) is 5.32 Å². The highest BCUT2D eigenvalue weighted by Gasteiger charge is 2.34. The summed E-state index contributed by atoms with van der Waals surface area (Å²) in [4.78, 5) is 24.9. The number of aromatic nitrogens is 1. The average Bonchev–Trinajstić information content (AvgIpc) is 3.01. The van der Waals surface area contributed by atoms with Crippen LogP contribution in [-0.2, 0) is 12.6 Å². The Morgan fingerprint density at radius 2 is 1.77 bits per heavy atom. The molecule has 0 atom stereocenters. The second-order valence-electron chi connectivity index (χ2n) is 7.74. The zero-order valence-corrected chi connectivity index (χ0v) is 17.1. The highest BCUT2D eigenvalue weighted by atomic mass is 19.4. The van der Waals surface area contributed by atoms with Crippen molar-refractivity contribution in [2.45, 2.75) is 39.3 Å². The number of Topliss-reactive ketones (excluding diaryl/α,β-unsaturated/α-hetero) is 1. The van der Waals surface area contributed by atoms with Crippen molar-refractivity contribution in [1.29, 1.82) is 0 Å². The summed E-state index contributed by atoms with van der Waals surface area (Å²) in [5.41, 5.74) is 2.60. The third-order valence-corrected chi connectivity index (χ3v) is 5.64. The van der Waals surface area contributed by atoms with E-state index in [0.29, 0.717) is 34.6 Å². The first-order valence-corrected chi connectivity index (χ1v) is 10.00. The molecule has 1 aromatic heterocycles. The maximum Gasteiger partial charge on any atom is 0.418 e. The van der Waals surface area contributed by atoms with Gasteiger partial charge in [-0.1, -0.05) is 12.1 Å². The molecule has 2 aromatic carbocycles. The van der Waals surface area contributed by atoms with E-state index in [1.54, 1.807) is 38.1 Å². The Balaban J connectivity index is 1.67. The van der Waals surface area contributed by atoms with Crippen molar-refractivity contribution in [3.63, 3.8) is 0 Å². The Morgan fingerprint density at radius 3 is 2.52 bits per heavy atom. The molecule has 0 spiro atoms. The van der Waals surface area contributed by atoms with Gasteiger partial charge in [0.2, 0.25) is 0 Å². The van der Waals surface area contributed by atoms with Gasteiger partial charge in [-0.25, -0.2) is 0 Å². The van der Waals surface area contributed by atoms with Crippen molar-refractivity contribution in [2.24, 2.45) is 0 Å². The number of amides is 1. The molecule has 1 aliphatic carbocycles. The van der Waals surface area contributed by atoms with Crippen molar-refractivity contribution in [3.05, 3.63) is 82.2 Å². The van der Waals surface area contributed by atoms with Gasteiger partial charge >= 0.3 is 6.18 Å². The first-order chi connectivity index (χ1) is 14.7. The maximum atomic E-state index is 13.5. The molecular weight excluding hydrogens is 405 g/mol. The fourth-order valence-corrected chi connectivity index (χ4v) is 4.19. The molecule has 0 saturated heterocycles. The Morgan fingerprint density at radius 1 is 1.03 bits per heavy atom. The molecule has 4 nitrogen and oxygen atoms in total. The lowest BCUT2D eigenvalue weighted by Gasteiger charge is -2.17. The SMILES string of the molecule is Cc1cc(C(=O)Nc2ccc3c(c2)CCCC3=O)c(C)n1-c1ccccc1C(F)(F)F. The molecule has 0 radical (unpaired) electrons. The highest BCUT2D eigenvalue weighted by Crippen LogP contribution is 2.35. The van der Waals surface area contributed by atoms with Crippen LogP contribution in [0.5, 0.6) is 0 Å². The molecular formula is C24H21F3N2O2. The predicted molar refractivity (Wildman–Crippen MR) is 112 cm³/mol. The standard InChI is InChI=1S/C24H21F3N2O2/c1-14-12-19(15(2)29(14)21-8-4-3-7-20(21)24(25,26)27)23(31)28-17-10-11-18-16(13-17)6-5-9-22(18)30/h3-4,7-8,10-13H,5-6,9H2,1-2H3,(H,28,31). The van der Waals surface area contributed by atoms with Gasteiger partial charge < -0.3 is 9.88 Å². The Labute approximate surface area is 177 Å². The molecule has 7 heteroatoms. The summed E-state index contributed by atoms with van der Waals surface area (Å²) in [6.07, 6.45) is -2.43. The van der Waals surface area contributed by atoms with Crippen LogP contribution in [0.4, 0.5) is 18.9 Å². The van der Waals surface area contributed by atoms with E-state index in [0.717, 1.165) is 24.5 Å². The monoisotopic (exact) mass is 426 g/mol. The van der Waals surface area contributed by atoms with Gasteiger partial charge in [0, 0.05) is 29.1 Å². The fourth-order valence-electron chi connectivity index (χ4n) is 4.19. The maximum absolute atomic E-state index is 13.5. The lowest BCUT2D eigenvalue weighted by atomic mass is 9.90. The summed E-state index contributed by atoms with van der Waals surface area (Å²) in [5.74, 6) is -0.308. The van der Waals surface area contributed by atoms with E-state index in [-0.39, 0.29) is 11.5 Å². The van der Waals surface area contributed by atoms with Crippen molar-refractivity contribution < 1.29 is 22.8 Å². The molecule has 1 heterocycles. The van der Waals surface area contributed by atoms with Gasteiger partial charge in [0.1, 0.15) is 0 Å². The largest absolute Gasteiger partial charge is 0.418 e. The first kappa shape index (κ1) is 20.9. The van der Waals surface area contributed by atoms with E-state index < -0.39 is 17.6 Å². The second-order valence-corrected chi connectivity index (χ2v) is 7.74. The average molecular weight is 426 g/mol. The molecule has 4 rings (SSSR count). The van der Waals surface area contributed by atoms with Crippen LogP contribution >= 0.6 is 0 Å². The van der Waals surface area contributed by atoms with E-state index in [9.17, 15) is 22.8 Å². The molecule has 0 bridgehead atoms. The van der Waals surface area contributed by atoms with E-state index in [1.165, 1.54) is 22.8 Å². The minimum absolute atomic E-state index is 0.0173. The van der Waals surface area contributed by atoms with Crippen LogP contribution in [0.15, 0.2) is 48.5 Å². The molecule has 3 aromatic rings. The highest BCUT2D eigenvalue weighted by molar-refractivity contribution is 6.06. The zero-order valence-electron chi connectivity index (χ0n) is 17.1. The minimum Gasteiger partial charge on any atom is -0.322 e. The molecule has 0 fully saturated rings. The molecule has 0 unspecified atom stereocenters. The summed E-state index contributed by atoms with van der Waals surface area (Å²) in [6.45, 7) is 3.29. The van der Waals surface area contributed by atoms with Crippen molar-refractivity contribution in [3.8, 4) is 5.69 Å². The predicted octanol–water partition coefficient (Wildman–Crippen LogP) is 5.88. The second kappa shape index (κ2) is 7.72. The smallest absolute Gasteiger partial charge is 0.322 e. The number of nitrogens with one attached hydrogen (secondary N) is 1. The van der Waals surface area contributed by atoms with Gasteiger partial charge in [-0.3, -0.25) is 9.59 Å². The van der Waals surface area contributed by atoms with Gasteiger partial charge in [-0.2, -0.15) is 13.2 Å². The summed E-state index contributed by atoms with van der Waals surface area (Å²) in [6, 6.07) is 12.1. The van der Waals surface area contributed by atoms with Crippen molar-refractivity contribution in [1.82, 2.24) is 4.57 Å². The topological polar surface area (TPSA) is 51.1 Å². The number of ketones is 1. The number of carbonyl (C=O) groups is 2. The van der Waals surface area contributed by atoms with E-state index in [4.69, 9.17) is 0 Å². The Bertz CT molecular complexity index is 1190. The number of alkyl halides is 3. The van der Waals surface area contributed by atoms with Crippen LogP contribution in [0.2, 0.25) is 0 Å². The van der Waals surface area contributed by atoms with Crippen molar-refractivity contribution in [2.75, 3.05) is 5.32 Å². The summed E-state index contributed by atoms with van der Waals surface area (Å²) >= 11 is 0. The minimum atomic E-state index is -4.51. The quantitative estimate of drug-likeness (QED) is 0.568. The van der Waals surface area contributed by atoms with Crippen LogP contribution in [-0.4, -0.2) is 16.3 Å². The van der Waals surface area contributed by atoms with E-state index >= 15 is 0 Å². The number of carbonyl (C=O) groups excluding carboxylic acids is 2. The molecule has 0 aliphatic heterocycles. The number of halogens is 3. The summed E-state index contributed by atoms with van der Waals surface area (Å²) in [5, 5.41) is 2.82. The van der Waals surface area contributed by atoms with Gasteiger partial charge in [-0.15, -0.1) is 0 Å². The number of anilines is 1. The lowest BCUT2D eigenvalue weighted by molar-refractivity contribution is -0.137. The van der Waals surface area contributed by atoms with Crippen molar-refractivity contribution >= 4 is 17.4 Å². The zero-order chi connectivity index (χ0) is 22.3. The lowest BCUT2D eigenvalue weighted by Crippen LogP contribution is -2.16. The van der Waals surface area contributed by atoms with E-state index in [1.807, 2.05) is 0 Å². The first-order valence-electron chi connectivity index (χ1n) is 10.00. The normalized spacial score (nSPS) is 13.8. The summed E-state index contributed by atoms with van der Waals surface area (Å²) in [7, 11) is 0. The third-order valence-electron chi connectivity index (χ3n) is 5.64. The van der Waals surface area contributed by atoms with Gasteiger partial charge in [0.15, 0.2) is 5.78 Å². The molecule has 1 aliphatic rings. The number of para-hydroxylation sites is 1. The fraction of sp³-hybridized carbons (Fsp3) is 0.250. The number of fused-ring (bicyclic) bond motifs is 1. The molecule has 1 N–H and O–H groups in total. The number of rotatable bonds is 3. The van der Waals surface area contributed by atoms with Crippen LogP contribution in [0.3, 0.4) is 0 Å². The van der Waals surface area contributed by atoms with Crippen LogP contribution in [0.1, 0.15) is 56.1 Å². The number of aryl methyl sites for hydroxylation is 2. The van der Waals surface area contributed by atoms with Gasteiger partial charge in [-0.05, 0) is 68.7 Å². The number of nitrogens with zero attached hydrogens (tertiary/aromatic N) is 1. The molecule has 160 valence electrons. The number of hydrogen-bond donors (Lipinski definition) is 1. The van der Waals surface area contributed by atoms with Crippen LogP contribution in [0, 0.1) is 13.8 Å². The van der Waals surface area contributed by atoms with Gasteiger partial charge in [0.25, 0.3) is 5.91 Å². The van der Waals surface area contributed by atoms with Crippen LogP contribution in [0.25, 0.3) is 5.69 Å². The number of hydrogen-bond acceptors (Lipinski definition) is 2. The molecule has 0 saturated carbocycles.